The van der Waals surface area contributed by atoms with Gasteiger partial charge in [0.05, 0.1) is 4.90 Å². The minimum Gasteiger partial charge on any atom is -0.399 e. The van der Waals surface area contributed by atoms with Crippen molar-refractivity contribution in [3.05, 3.63) is 24.3 Å². The zero-order valence-corrected chi connectivity index (χ0v) is 13.6. The Morgan fingerprint density at radius 1 is 1.33 bits per heavy atom. The highest BCUT2D eigenvalue weighted by molar-refractivity contribution is 7.89. The number of nitrogens with two attached hydrogens (primary N) is 1. The molecule has 2 rings (SSSR count). The largest absolute Gasteiger partial charge is 0.399 e. The number of anilines is 1. The SMILES string of the molecule is CC(C)CCN([C@H]1CCNC1)S(=O)(=O)c1ccc(N)cc1. The number of nitrogens with zero attached hydrogens (tertiary/aromatic N) is 1. The molecular formula is C15H25N3O2S. The molecule has 6 heteroatoms. The Balaban J connectivity index is 2.26. The number of hydrogen-bond donors (Lipinski definition) is 2. The molecule has 1 aliphatic heterocycles. The van der Waals surface area contributed by atoms with Gasteiger partial charge in [-0.15, -0.1) is 0 Å². The minimum atomic E-state index is -3.46. The second-order valence-corrected chi connectivity index (χ2v) is 7.90. The van der Waals surface area contributed by atoms with Crippen LogP contribution in [0.2, 0.25) is 0 Å². The van der Waals surface area contributed by atoms with Gasteiger partial charge in [0.2, 0.25) is 10.0 Å². The van der Waals surface area contributed by atoms with E-state index in [4.69, 9.17) is 5.73 Å². The Kier molecular flexibility index (Phi) is 5.24. The average molecular weight is 311 g/mol. The lowest BCUT2D eigenvalue weighted by Crippen LogP contribution is -2.42. The van der Waals surface area contributed by atoms with E-state index in [-0.39, 0.29) is 6.04 Å². The van der Waals surface area contributed by atoms with Crippen molar-refractivity contribution in [2.75, 3.05) is 25.4 Å². The van der Waals surface area contributed by atoms with E-state index in [1.165, 1.54) is 0 Å². The predicted octanol–water partition coefficient (Wildman–Crippen LogP) is 1.67. The summed E-state index contributed by atoms with van der Waals surface area (Å²) in [5.74, 6) is 0.475. The molecule has 21 heavy (non-hydrogen) atoms. The van der Waals surface area contributed by atoms with Crippen LogP contribution in [0.15, 0.2) is 29.2 Å². The van der Waals surface area contributed by atoms with Gasteiger partial charge in [0.25, 0.3) is 0 Å². The van der Waals surface area contributed by atoms with E-state index in [1.807, 2.05) is 0 Å². The topological polar surface area (TPSA) is 75.4 Å². The smallest absolute Gasteiger partial charge is 0.243 e. The highest BCUT2D eigenvalue weighted by Gasteiger charge is 2.32. The maximum atomic E-state index is 12.9. The van der Waals surface area contributed by atoms with Crippen molar-refractivity contribution in [2.24, 2.45) is 5.92 Å². The fraction of sp³-hybridized carbons (Fsp3) is 0.600. The zero-order valence-electron chi connectivity index (χ0n) is 12.7. The van der Waals surface area contributed by atoms with E-state index in [2.05, 4.69) is 19.2 Å². The molecule has 1 saturated heterocycles. The zero-order chi connectivity index (χ0) is 15.5. The number of sulfonamides is 1. The van der Waals surface area contributed by atoms with Crippen molar-refractivity contribution < 1.29 is 8.42 Å². The molecule has 1 aliphatic rings. The molecule has 0 radical (unpaired) electrons. The van der Waals surface area contributed by atoms with Crippen LogP contribution in [-0.4, -0.2) is 38.4 Å². The van der Waals surface area contributed by atoms with Crippen molar-refractivity contribution in [3.8, 4) is 0 Å². The third-order valence-corrected chi connectivity index (χ3v) is 5.82. The Morgan fingerprint density at radius 2 is 2.00 bits per heavy atom. The van der Waals surface area contributed by atoms with Crippen molar-refractivity contribution in [2.45, 2.75) is 37.6 Å². The molecule has 1 aromatic rings. The van der Waals surface area contributed by atoms with Crippen LogP contribution in [0, 0.1) is 5.92 Å². The molecular weight excluding hydrogens is 286 g/mol. The number of benzene rings is 1. The highest BCUT2D eigenvalue weighted by atomic mass is 32.2. The molecule has 1 atom stereocenters. The van der Waals surface area contributed by atoms with Gasteiger partial charge in [0.15, 0.2) is 0 Å². The van der Waals surface area contributed by atoms with Crippen LogP contribution in [-0.2, 0) is 10.0 Å². The Labute approximate surface area is 127 Å². The summed E-state index contributed by atoms with van der Waals surface area (Å²) in [6.45, 7) is 6.39. The van der Waals surface area contributed by atoms with Gasteiger partial charge >= 0.3 is 0 Å². The monoisotopic (exact) mass is 311 g/mol. The number of rotatable bonds is 6. The second kappa shape index (κ2) is 6.77. The van der Waals surface area contributed by atoms with Gasteiger partial charge in [0.1, 0.15) is 0 Å². The van der Waals surface area contributed by atoms with E-state index < -0.39 is 10.0 Å². The van der Waals surface area contributed by atoms with Crippen molar-refractivity contribution in [3.63, 3.8) is 0 Å². The molecule has 0 bridgehead atoms. The summed E-state index contributed by atoms with van der Waals surface area (Å²) >= 11 is 0. The number of hydrogen-bond acceptors (Lipinski definition) is 4. The number of nitrogens with one attached hydrogen (secondary N) is 1. The summed E-state index contributed by atoms with van der Waals surface area (Å²) in [5, 5.41) is 3.25. The van der Waals surface area contributed by atoms with Gasteiger partial charge in [-0.05, 0) is 49.6 Å². The van der Waals surface area contributed by atoms with Crippen LogP contribution < -0.4 is 11.1 Å². The van der Waals surface area contributed by atoms with Crippen LogP contribution in [0.1, 0.15) is 26.7 Å². The van der Waals surface area contributed by atoms with Crippen molar-refractivity contribution in [1.82, 2.24) is 9.62 Å². The third-order valence-electron chi connectivity index (χ3n) is 3.86. The molecule has 1 heterocycles. The second-order valence-electron chi connectivity index (χ2n) is 6.01. The van der Waals surface area contributed by atoms with Crippen molar-refractivity contribution >= 4 is 15.7 Å². The van der Waals surface area contributed by atoms with E-state index in [9.17, 15) is 8.42 Å². The Morgan fingerprint density at radius 3 is 2.52 bits per heavy atom. The first-order valence-electron chi connectivity index (χ1n) is 7.49. The maximum Gasteiger partial charge on any atom is 0.243 e. The molecule has 3 N–H and O–H groups in total. The molecule has 0 aromatic heterocycles. The molecule has 0 spiro atoms. The first-order valence-corrected chi connectivity index (χ1v) is 8.93. The third kappa shape index (κ3) is 3.96. The number of nitrogen functional groups attached to an aromatic ring is 1. The van der Waals surface area contributed by atoms with Crippen molar-refractivity contribution in [1.29, 1.82) is 0 Å². The first-order chi connectivity index (χ1) is 9.91. The van der Waals surface area contributed by atoms with Crippen LogP contribution in [0.5, 0.6) is 0 Å². The summed E-state index contributed by atoms with van der Waals surface area (Å²) in [6, 6.07) is 6.51. The van der Waals surface area contributed by atoms with E-state index >= 15 is 0 Å². The molecule has 118 valence electrons. The molecule has 1 aromatic carbocycles. The van der Waals surface area contributed by atoms with Gasteiger partial charge in [0, 0.05) is 24.8 Å². The lowest BCUT2D eigenvalue weighted by Gasteiger charge is -2.28. The summed E-state index contributed by atoms with van der Waals surface area (Å²) in [6.07, 6.45) is 1.73. The first kappa shape index (κ1) is 16.3. The minimum absolute atomic E-state index is 0.0475. The standard InChI is InChI=1S/C15H25N3O2S/c1-12(2)8-10-18(14-7-9-17-11-14)21(19,20)15-5-3-13(16)4-6-15/h3-6,12,14,17H,7-11,16H2,1-2H3/t14-/m0/s1. The lowest BCUT2D eigenvalue weighted by atomic mass is 10.1. The predicted molar refractivity (Wildman–Crippen MR) is 85.5 cm³/mol. The fourth-order valence-corrected chi connectivity index (χ4v) is 4.21. The molecule has 0 aliphatic carbocycles. The van der Waals surface area contributed by atoms with E-state index in [0.29, 0.717) is 23.0 Å². The van der Waals surface area contributed by atoms with E-state index in [0.717, 1.165) is 25.9 Å². The molecule has 5 nitrogen and oxygen atoms in total. The summed E-state index contributed by atoms with van der Waals surface area (Å²) < 4.78 is 27.5. The molecule has 1 fully saturated rings. The Bertz CT molecular complexity index is 549. The highest BCUT2D eigenvalue weighted by Crippen LogP contribution is 2.23. The summed E-state index contributed by atoms with van der Waals surface area (Å²) in [5.41, 5.74) is 6.22. The molecule has 0 saturated carbocycles. The Hall–Kier alpha value is -1.11. The average Bonchev–Trinajstić information content (AvgIpc) is 2.92. The molecule has 0 unspecified atom stereocenters. The van der Waals surface area contributed by atoms with Crippen LogP contribution in [0.4, 0.5) is 5.69 Å². The summed E-state index contributed by atoms with van der Waals surface area (Å²) in [7, 11) is -3.46. The van der Waals surface area contributed by atoms with Gasteiger partial charge < -0.3 is 11.1 Å². The quantitative estimate of drug-likeness (QED) is 0.784. The molecule has 0 amide bonds. The van der Waals surface area contributed by atoms with Gasteiger partial charge in [-0.3, -0.25) is 0 Å². The lowest BCUT2D eigenvalue weighted by molar-refractivity contribution is 0.315. The summed E-state index contributed by atoms with van der Waals surface area (Å²) in [4.78, 5) is 0.326. The van der Waals surface area contributed by atoms with Gasteiger partial charge in [-0.25, -0.2) is 8.42 Å². The van der Waals surface area contributed by atoms with Gasteiger partial charge in [-0.1, -0.05) is 13.8 Å². The fourth-order valence-electron chi connectivity index (χ4n) is 2.54. The van der Waals surface area contributed by atoms with Crippen LogP contribution in [0.3, 0.4) is 0 Å². The van der Waals surface area contributed by atoms with Gasteiger partial charge in [-0.2, -0.15) is 4.31 Å². The van der Waals surface area contributed by atoms with E-state index in [1.54, 1.807) is 28.6 Å². The normalized spacial score (nSPS) is 19.5. The maximum absolute atomic E-state index is 12.9. The van der Waals surface area contributed by atoms with Crippen LogP contribution in [0.25, 0.3) is 0 Å². The van der Waals surface area contributed by atoms with Crippen LogP contribution >= 0.6 is 0 Å².